The van der Waals surface area contributed by atoms with Crippen LogP contribution >= 0.6 is 0 Å². The van der Waals surface area contributed by atoms with E-state index in [1.54, 1.807) is 10.4 Å². The number of nitrogens with zero attached hydrogens (tertiary/aromatic N) is 2. The van der Waals surface area contributed by atoms with Crippen molar-refractivity contribution in [1.82, 2.24) is 9.21 Å². The number of hydrogen-bond acceptors (Lipinski definition) is 4. The molecular weight excluding hydrogens is 288 g/mol. The van der Waals surface area contributed by atoms with E-state index < -0.39 is 10.0 Å². The number of ether oxygens (including phenoxy) is 1. The summed E-state index contributed by atoms with van der Waals surface area (Å²) in [4.78, 5) is 2.42. The third-order valence-corrected chi connectivity index (χ3v) is 5.86. The molecule has 5 nitrogen and oxygen atoms in total. The first-order valence-electron chi connectivity index (χ1n) is 7.29. The summed E-state index contributed by atoms with van der Waals surface area (Å²) in [6, 6.07) is 3.55. The molecule has 1 aromatic carbocycles. The zero-order chi connectivity index (χ0) is 15.6. The van der Waals surface area contributed by atoms with Gasteiger partial charge in [-0.15, -0.1) is 0 Å². The predicted octanol–water partition coefficient (Wildman–Crippen LogP) is 1.64. The van der Waals surface area contributed by atoms with Gasteiger partial charge < -0.3 is 9.64 Å². The van der Waals surface area contributed by atoms with Crippen LogP contribution in [0.3, 0.4) is 0 Å². The Hall–Kier alpha value is -1.11. The lowest BCUT2D eigenvalue weighted by molar-refractivity contribution is 0.222. The van der Waals surface area contributed by atoms with Crippen molar-refractivity contribution in [2.75, 3.05) is 39.8 Å². The minimum absolute atomic E-state index is 0.289. The molecule has 2 rings (SSSR count). The average molecular weight is 312 g/mol. The standard InChI is InChI=1S/C15H24N2O3S/c1-5-20-14-10-12(2)13(3)11-15(14)21(18,19)17-8-6-16(4)7-9-17/h10-11H,5-9H2,1-4H3. The van der Waals surface area contributed by atoms with Gasteiger partial charge in [0.15, 0.2) is 0 Å². The summed E-state index contributed by atoms with van der Waals surface area (Å²) < 4.78 is 32.9. The van der Waals surface area contributed by atoms with Crippen LogP contribution in [-0.4, -0.2) is 57.5 Å². The molecule has 0 radical (unpaired) electrons. The quantitative estimate of drug-likeness (QED) is 0.848. The molecule has 1 aliphatic heterocycles. The first-order chi connectivity index (χ1) is 9.86. The second-order valence-electron chi connectivity index (χ2n) is 5.52. The summed E-state index contributed by atoms with van der Waals surface area (Å²) in [6.45, 7) is 8.77. The van der Waals surface area contributed by atoms with Gasteiger partial charge in [-0.05, 0) is 51.1 Å². The second-order valence-corrected chi connectivity index (χ2v) is 7.43. The van der Waals surface area contributed by atoms with Gasteiger partial charge in [-0.25, -0.2) is 8.42 Å². The van der Waals surface area contributed by atoms with Crippen molar-refractivity contribution in [1.29, 1.82) is 0 Å². The van der Waals surface area contributed by atoms with Crippen molar-refractivity contribution in [2.45, 2.75) is 25.7 Å². The molecule has 21 heavy (non-hydrogen) atoms. The van der Waals surface area contributed by atoms with Crippen molar-refractivity contribution in [3.63, 3.8) is 0 Å². The Balaban J connectivity index is 2.41. The summed E-state index contributed by atoms with van der Waals surface area (Å²) in [5.74, 6) is 0.458. The fourth-order valence-corrected chi connectivity index (χ4v) is 4.02. The lowest BCUT2D eigenvalue weighted by Gasteiger charge is -2.32. The largest absolute Gasteiger partial charge is 0.492 e. The number of sulfonamides is 1. The van der Waals surface area contributed by atoms with Crippen LogP contribution in [0.25, 0.3) is 0 Å². The molecule has 0 spiro atoms. The Kier molecular flexibility index (Phi) is 4.91. The Morgan fingerprint density at radius 2 is 1.67 bits per heavy atom. The number of piperazine rings is 1. The maximum absolute atomic E-state index is 12.9. The molecule has 118 valence electrons. The summed E-state index contributed by atoms with van der Waals surface area (Å²) in [6.07, 6.45) is 0. The molecule has 1 fully saturated rings. The second kappa shape index (κ2) is 6.34. The van der Waals surface area contributed by atoms with Gasteiger partial charge in [0.05, 0.1) is 6.61 Å². The van der Waals surface area contributed by atoms with E-state index in [0.29, 0.717) is 25.4 Å². The Morgan fingerprint density at radius 1 is 1.10 bits per heavy atom. The van der Waals surface area contributed by atoms with Gasteiger partial charge >= 0.3 is 0 Å². The van der Waals surface area contributed by atoms with E-state index in [4.69, 9.17) is 4.74 Å². The molecule has 6 heteroatoms. The molecule has 0 saturated carbocycles. The fraction of sp³-hybridized carbons (Fsp3) is 0.600. The molecule has 1 aliphatic rings. The van der Waals surface area contributed by atoms with E-state index in [9.17, 15) is 8.42 Å². The van der Waals surface area contributed by atoms with E-state index in [1.807, 2.05) is 33.9 Å². The van der Waals surface area contributed by atoms with E-state index in [0.717, 1.165) is 24.2 Å². The number of benzene rings is 1. The number of aryl methyl sites for hydroxylation is 2. The minimum atomic E-state index is -3.50. The van der Waals surface area contributed by atoms with Gasteiger partial charge in [0.25, 0.3) is 0 Å². The Bertz CT molecular complexity index is 606. The van der Waals surface area contributed by atoms with Crippen LogP contribution in [0.1, 0.15) is 18.1 Å². The lowest BCUT2D eigenvalue weighted by atomic mass is 10.1. The maximum Gasteiger partial charge on any atom is 0.246 e. The third-order valence-electron chi connectivity index (χ3n) is 3.94. The summed E-state index contributed by atoms with van der Waals surface area (Å²) in [5.41, 5.74) is 2.00. The average Bonchev–Trinajstić information content (AvgIpc) is 2.43. The molecule has 1 aromatic rings. The van der Waals surface area contributed by atoms with Crippen LogP contribution in [0.2, 0.25) is 0 Å². The SMILES string of the molecule is CCOc1cc(C)c(C)cc1S(=O)(=O)N1CCN(C)CC1. The molecule has 0 amide bonds. The highest BCUT2D eigenvalue weighted by Gasteiger charge is 2.30. The third kappa shape index (κ3) is 3.39. The molecule has 0 atom stereocenters. The minimum Gasteiger partial charge on any atom is -0.492 e. The van der Waals surface area contributed by atoms with Gasteiger partial charge in [0, 0.05) is 26.2 Å². The molecule has 0 bridgehead atoms. The zero-order valence-electron chi connectivity index (χ0n) is 13.2. The van der Waals surface area contributed by atoms with Gasteiger partial charge in [0.2, 0.25) is 10.0 Å². The monoisotopic (exact) mass is 312 g/mol. The van der Waals surface area contributed by atoms with Crippen LogP contribution in [0, 0.1) is 13.8 Å². The topological polar surface area (TPSA) is 49.9 Å². The van der Waals surface area contributed by atoms with Crippen LogP contribution in [0.15, 0.2) is 17.0 Å². The van der Waals surface area contributed by atoms with Crippen molar-refractivity contribution < 1.29 is 13.2 Å². The van der Waals surface area contributed by atoms with Crippen molar-refractivity contribution in [2.24, 2.45) is 0 Å². The van der Waals surface area contributed by atoms with Gasteiger partial charge in [-0.2, -0.15) is 4.31 Å². The Morgan fingerprint density at radius 3 is 2.24 bits per heavy atom. The number of rotatable bonds is 4. The molecule has 0 unspecified atom stereocenters. The van der Waals surface area contributed by atoms with Gasteiger partial charge in [-0.1, -0.05) is 0 Å². The van der Waals surface area contributed by atoms with Crippen molar-refractivity contribution in [3.05, 3.63) is 23.3 Å². The molecule has 0 aliphatic carbocycles. The first-order valence-corrected chi connectivity index (χ1v) is 8.73. The molecule has 0 N–H and O–H groups in total. The maximum atomic E-state index is 12.9. The van der Waals surface area contributed by atoms with E-state index in [-0.39, 0.29) is 4.90 Å². The van der Waals surface area contributed by atoms with Crippen molar-refractivity contribution in [3.8, 4) is 5.75 Å². The van der Waals surface area contributed by atoms with Gasteiger partial charge in [-0.3, -0.25) is 0 Å². The normalized spacial score (nSPS) is 17.9. The lowest BCUT2D eigenvalue weighted by Crippen LogP contribution is -2.47. The smallest absolute Gasteiger partial charge is 0.246 e. The number of likely N-dealkylation sites (N-methyl/N-ethyl adjacent to an activating group) is 1. The highest BCUT2D eigenvalue weighted by atomic mass is 32.2. The first kappa shape index (κ1) is 16.3. The summed E-state index contributed by atoms with van der Waals surface area (Å²) in [5, 5.41) is 0. The Labute approximate surface area is 127 Å². The molecule has 1 saturated heterocycles. The van der Waals surface area contributed by atoms with E-state index in [1.165, 1.54) is 0 Å². The summed E-state index contributed by atoms with van der Waals surface area (Å²) in [7, 11) is -1.49. The highest BCUT2D eigenvalue weighted by molar-refractivity contribution is 7.89. The van der Waals surface area contributed by atoms with Crippen LogP contribution in [0.4, 0.5) is 0 Å². The van der Waals surface area contributed by atoms with E-state index >= 15 is 0 Å². The molecular formula is C15H24N2O3S. The van der Waals surface area contributed by atoms with Crippen molar-refractivity contribution >= 4 is 10.0 Å². The molecule has 0 aromatic heterocycles. The summed E-state index contributed by atoms with van der Waals surface area (Å²) >= 11 is 0. The van der Waals surface area contributed by atoms with Crippen LogP contribution in [0.5, 0.6) is 5.75 Å². The van der Waals surface area contributed by atoms with E-state index in [2.05, 4.69) is 4.90 Å². The zero-order valence-corrected chi connectivity index (χ0v) is 14.0. The highest BCUT2D eigenvalue weighted by Crippen LogP contribution is 2.30. The number of hydrogen-bond donors (Lipinski definition) is 0. The van der Waals surface area contributed by atoms with Crippen LogP contribution in [-0.2, 0) is 10.0 Å². The fourth-order valence-electron chi connectivity index (χ4n) is 2.40. The van der Waals surface area contributed by atoms with Crippen LogP contribution < -0.4 is 4.74 Å². The molecule has 1 heterocycles. The predicted molar refractivity (Wildman–Crippen MR) is 83.3 cm³/mol. The van der Waals surface area contributed by atoms with Gasteiger partial charge in [0.1, 0.15) is 10.6 Å².